The molecule has 1 heterocycles. The van der Waals surface area contributed by atoms with Crippen LogP contribution in [0.5, 0.6) is 0 Å². The molecule has 1 amide bonds. The summed E-state index contributed by atoms with van der Waals surface area (Å²) in [7, 11) is 1.38. The lowest BCUT2D eigenvalue weighted by molar-refractivity contribution is -0.145. The van der Waals surface area contributed by atoms with E-state index in [1.54, 1.807) is 0 Å². The SMILES string of the molecule is COC(=O)CCN(CC(C)C)C(=O)C1(C)CCCNC1. The van der Waals surface area contributed by atoms with E-state index in [2.05, 4.69) is 23.9 Å². The average Bonchev–Trinajstić information content (AvgIpc) is 2.42. The quantitative estimate of drug-likeness (QED) is 0.750. The van der Waals surface area contributed by atoms with Crippen LogP contribution in [0.2, 0.25) is 0 Å². The second kappa shape index (κ2) is 7.62. The highest BCUT2D eigenvalue weighted by Crippen LogP contribution is 2.28. The normalized spacial score (nSPS) is 22.6. The zero-order valence-electron chi connectivity index (χ0n) is 13.2. The van der Waals surface area contributed by atoms with Crippen LogP contribution in [-0.2, 0) is 14.3 Å². The molecule has 1 unspecified atom stereocenters. The monoisotopic (exact) mass is 284 g/mol. The van der Waals surface area contributed by atoms with Gasteiger partial charge in [0, 0.05) is 19.6 Å². The molecule has 0 aromatic heterocycles. The van der Waals surface area contributed by atoms with Crippen LogP contribution >= 0.6 is 0 Å². The fourth-order valence-corrected chi connectivity index (χ4v) is 2.67. The summed E-state index contributed by atoms with van der Waals surface area (Å²) < 4.78 is 4.67. The molecule has 20 heavy (non-hydrogen) atoms. The second-order valence-corrected chi connectivity index (χ2v) is 6.31. The summed E-state index contributed by atoms with van der Waals surface area (Å²) in [5.74, 6) is 0.275. The molecule has 1 saturated heterocycles. The molecular weight excluding hydrogens is 256 g/mol. The van der Waals surface area contributed by atoms with E-state index in [4.69, 9.17) is 0 Å². The molecule has 0 bridgehead atoms. The van der Waals surface area contributed by atoms with E-state index in [0.29, 0.717) is 19.0 Å². The predicted molar refractivity (Wildman–Crippen MR) is 78.3 cm³/mol. The Labute approximate surface area is 122 Å². The van der Waals surface area contributed by atoms with Crippen LogP contribution < -0.4 is 5.32 Å². The van der Waals surface area contributed by atoms with Gasteiger partial charge < -0.3 is 15.0 Å². The van der Waals surface area contributed by atoms with Crippen LogP contribution in [0.4, 0.5) is 0 Å². The largest absolute Gasteiger partial charge is 0.469 e. The van der Waals surface area contributed by atoms with Gasteiger partial charge >= 0.3 is 5.97 Å². The molecule has 5 nitrogen and oxygen atoms in total. The van der Waals surface area contributed by atoms with Gasteiger partial charge in [-0.25, -0.2) is 0 Å². The van der Waals surface area contributed by atoms with Gasteiger partial charge in [-0.3, -0.25) is 9.59 Å². The van der Waals surface area contributed by atoms with Crippen molar-refractivity contribution in [2.45, 2.75) is 40.0 Å². The van der Waals surface area contributed by atoms with Gasteiger partial charge in [0.25, 0.3) is 0 Å². The molecule has 0 spiro atoms. The zero-order chi connectivity index (χ0) is 15.2. The maximum absolute atomic E-state index is 12.8. The van der Waals surface area contributed by atoms with E-state index in [1.165, 1.54) is 7.11 Å². The summed E-state index contributed by atoms with van der Waals surface area (Å²) in [6, 6.07) is 0. The summed E-state index contributed by atoms with van der Waals surface area (Å²) in [5, 5.41) is 3.30. The number of nitrogens with one attached hydrogen (secondary N) is 1. The highest BCUT2D eigenvalue weighted by atomic mass is 16.5. The number of hydrogen-bond donors (Lipinski definition) is 1. The Morgan fingerprint density at radius 2 is 2.10 bits per heavy atom. The van der Waals surface area contributed by atoms with Crippen molar-refractivity contribution < 1.29 is 14.3 Å². The minimum Gasteiger partial charge on any atom is -0.469 e. The van der Waals surface area contributed by atoms with Crippen molar-refractivity contribution in [3.8, 4) is 0 Å². The van der Waals surface area contributed by atoms with E-state index in [9.17, 15) is 9.59 Å². The van der Waals surface area contributed by atoms with Crippen molar-refractivity contribution in [1.29, 1.82) is 0 Å². The lowest BCUT2D eigenvalue weighted by Gasteiger charge is -2.38. The van der Waals surface area contributed by atoms with E-state index in [0.717, 1.165) is 25.9 Å². The number of ether oxygens (including phenoxy) is 1. The third-order valence-corrected chi connectivity index (χ3v) is 3.80. The molecule has 116 valence electrons. The minimum absolute atomic E-state index is 0.155. The van der Waals surface area contributed by atoms with E-state index in [1.807, 2.05) is 11.8 Å². The van der Waals surface area contributed by atoms with Crippen LogP contribution in [0.1, 0.15) is 40.0 Å². The van der Waals surface area contributed by atoms with Gasteiger partial charge in [0.05, 0.1) is 18.9 Å². The van der Waals surface area contributed by atoms with Crippen molar-refractivity contribution in [2.75, 3.05) is 33.3 Å². The van der Waals surface area contributed by atoms with Crippen molar-refractivity contribution >= 4 is 11.9 Å². The standard InChI is InChI=1S/C15H28N2O3/c1-12(2)10-17(9-6-13(18)20-4)14(19)15(3)7-5-8-16-11-15/h12,16H,5-11H2,1-4H3. The van der Waals surface area contributed by atoms with Gasteiger partial charge in [-0.1, -0.05) is 13.8 Å². The summed E-state index contributed by atoms with van der Waals surface area (Å²) in [5.41, 5.74) is -0.344. The molecule has 0 saturated carbocycles. The van der Waals surface area contributed by atoms with E-state index in [-0.39, 0.29) is 23.7 Å². The molecular formula is C15H28N2O3. The average molecular weight is 284 g/mol. The van der Waals surface area contributed by atoms with Crippen LogP contribution in [-0.4, -0.2) is 50.1 Å². The minimum atomic E-state index is -0.344. The zero-order valence-corrected chi connectivity index (χ0v) is 13.2. The van der Waals surface area contributed by atoms with E-state index < -0.39 is 0 Å². The fraction of sp³-hybridized carbons (Fsp3) is 0.867. The van der Waals surface area contributed by atoms with Gasteiger partial charge in [-0.15, -0.1) is 0 Å². The summed E-state index contributed by atoms with van der Waals surface area (Å²) in [4.78, 5) is 25.9. The number of amides is 1. The molecule has 1 aliphatic rings. The van der Waals surface area contributed by atoms with Gasteiger partial charge in [-0.05, 0) is 32.2 Å². The molecule has 0 aliphatic carbocycles. The van der Waals surface area contributed by atoms with Crippen LogP contribution in [0, 0.1) is 11.3 Å². The number of hydrogen-bond acceptors (Lipinski definition) is 4. The Balaban J connectivity index is 2.70. The fourth-order valence-electron chi connectivity index (χ4n) is 2.67. The number of nitrogens with zero attached hydrogens (tertiary/aromatic N) is 1. The number of rotatable bonds is 6. The number of carbonyl (C=O) groups is 2. The Morgan fingerprint density at radius 1 is 1.40 bits per heavy atom. The van der Waals surface area contributed by atoms with Crippen molar-refractivity contribution in [2.24, 2.45) is 11.3 Å². The Morgan fingerprint density at radius 3 is 2.60 bits per heavy atom. The first-order valence-electron chi connectivity index (χ1n) is 7.46. The van der Waals surface area contributed by atoms with Crippen LogP contribution in [0.15, 0.2) is 0 Å². The summed E-state index contributed by atoms with van der Waals surface area (Å²) in [6.45, 7) is 9.02. The third kappa shape index (κ3) is 4.78. The molecule has 0 aromatic carbocycles. The van der Waals surface area contributed by atoms with Crippen molar-refractivity contribution in [3.05, 3.63) is 0 Å². The molecule has 1 N–H and O–H groups in total. The molecule has 1 rings (SSSR count). The number of methoxy groups -OCH3 is 1. The first-order valence-corrected chi connectivity index (χ1v) is 7.46. The maximum atomic E-state index is 12.8. The first-order chi connectivity index (χ1) is 9.39. The van der Waals surface area contributed by atoms with Crippen LogP contribution in [0.25, 0.3) is 0 Å². The maximum Gasteiger partial charge on any atom is 0.307 e. The van der Waals surface area contributed by atoms with Gasteiger partial charge in [-0.2, -0.15) is 0 Å². The lowest BCUT2D eigenvalue weighted by Crippen LogP contribution is -2.51. The molecule has 0 radical (unpaired) electrons. The summed E-state index contributed by atoms with van der Waals surface area (Å²) >= 11 is 0. The number of esters is 1. The molecule has 5 heteroatoms. The molecule has 1 atom stereocenters. The summed E-state index contributed by atoms with van der Waals surface area (Å²) in [6.07, 6.45) is 2.19. The van der Waals surface area contributed by atoms with Gasteiger partial charge in [0.1, 0.15) is 0 Å². The molecule has 0 aromatic rings. The lowest BCUT2D eigenvalue weighted by atomic mass is 9.81. The topological polar surface area (TPSA) is 58.6 Å². The third-order valence-electron chi connectivity index (χ3n) is 3.80. The first kappa shape index (κ1) is 17.0. The van der Waals surface area contributed by atoms with Crippen molar-refractivity contribution in [1.82, 2.24) is 10.2 Å². The number of piperidine rings is 1. The molecule has 1 aliphatic heterocycles. The Bertz CT molecular complexity index is 336. The predicted octanol–water partition coefficient (Wildman–Crippen LogP) is 1.42. The number of carbonyl (C=O) groups excluding carboxylic acids is 2. The highest BCUT2D eigenvalue weighted by molar-refractivity contribution is 5.83. The second-order valence-electron chi connectivity index (χ2n) is 6.31. The van der Waals surface area contributed by atoms with Crippen molar-refractivity contribution in [3.63, 3.8) is 0 Å². The Hall–Kier alpha value is -1.10. The smallest absolute Gasteiger partial charge is 0.307 e. The molecule has 1 fully saturated rings. The van der Waals surface area contributed by atoms with Crippen LogP contribution in [0.3, 0.4) is 0 Å². The van der Waals surface area contributed by atoms with E-state index >= 15 is 0 Å². The highest BCUT2D eigenvalue weighted by Gasteiger charge is 2.37. The Kier molecular flexibility index (Phi) is 6.46. The van der Waals surface area contributed by atoms with Gasteiger partial charge in [0.15, 0.2) is 0 Å². The van der Waals surface area contributed by atoms with Gasteiger partial charge in [0.2, 0.25) is 5.91 Å².